The first-order valence-electron chi connectivity index (χ1n) is 7.12. The molecule has 1 aliphatic rings. The van der Waals surface area contributed by atoms with E-state index in [0.29, 0.717) is 0 Å². The molecule has 0 unspecified atom stereocenters. The molecule has 3 N–H and O–H groups in total. The van der Waals surface area contributed by atoms with Crippen LogP contribution in [0.1, 0.15) is 12.6 Å². The summed E-state index contributed by atoms with van der Waals surface area (Å²) in [5.41, 5.74) is 5.24. The average Bonchev–Trinajstić information content (AvgIpc) is 2.98. The van der Waals surface area contributed by atoms with Crippen LogP contribution in [0.15, 0.2) is 10.5 Å². The van der Waals surface area contributed by atoms with E-state index in [2.05, 4.69) is 25.0 Å². The number of thiazole rings is 1. The van der Waals surface area contributed by atoms with Gasteiger partial charge in [0.2, 0.25) is 0 Å². The third kappa shape index (κ3) is 5.39. The van der Waals surface area contributed by atoms with Gasteiger partial charge in [-0.2, -0.15) is 0 Å². The number of anilines is 1. The molecule has 1 aliphatic heterocycles. The van der Waals surface area contributed by atoms with Gasteiger partial charge in [-0.05, 0) is 0 Å². The van der Waals surface area contributed by atoms with E-state index in [0.717, 1.165) is 18.3 Å². The largest absolute Gasteiger partial charge is 1.00 e. The van der Waals surface area contributed by atoms with Gasteiger partial charge in [-0.3, -0.25) is 14.4 Å². The fourth-order valence-electron chi connectivity index (χ4n) is 2.22. The third-order valence-corrected chi connectivity index (χ3v) is 4.92. The summed E-state index contributed by atoms with van der Waals surface area (Å²) >= 11 is 1.03. The van der Waals surface area contributed by atoms with Crippen molar-refractivity contribution in [3.05, 3.63) is 11.1 Å². The van der Waals surface area contributed by atoms with Crippen LogP contribution >= 0.6 is 11.3 Å². The number of carbonyl (C=O) groups is 3. The molecule has 28 heavy (non-hydrogen) atoms. The Hall–Kier alpha value is -1.78. The normalized spacial score (nSPS) is 19.3. The number of nitrogen functional groups attached to an aromatic ring is 1. The van der Waals surface area contributed by atoms with Gasteiger partial charge < -0.3 is 25.2 Å². The molecule has 0 bridgehead atoms. The van der Waals surface area contributed by atoms with E-state index >= 15 is 0 Å². The summed E-state index contributed by atoms with van der Waals surface area (Å²) in [6, 6.07) is -2.82. The van der Waals surface area contributed by atoms with E-state index < -0.39 is 46.8 Å². The third-order valence-electron chi connectivity index (χ3n) is 3.32. The fourth-order valence-corrected chi connectivity index (χ4v) is 3.62. The SMILES string of the molecule is CON=C(C(=O)N[C@H]1C(=O)N(S(=O)(=O)[O-])[C@@H]1COC(C)=O)c1csc(N)n1.[Na+]. The van der Waals surface area contributed by atoms with Crippen molar-refractivity contribution in [2.75, 3.05) is 19.5 Å². The second-order valence-corrected chi connectivity index (χ2v) is 7.24. The monoisotopic (exact) mass is 443 g/mol. The van der Waals surface area contributed by atoms with Crippen LogP contribution in [0, 0.1) is 0 Å². The van der Waals surface area contributed by atoms with Crippen LogP contribution in [0.3, 0.4) is 0 Å². The van der Waals surface area contributed by atoms with Crippen molar-refractivity contribution in [3.63, 3.8) is 0 Å². The van der Waals surface area contributed by atoms with Crippen molar-refractivity contribution >= 4 is 50.3 Å². The smallest absolute Gasteiger partial charge is 0.731 e. The molecule has 13 nitrogen and oxygen atoms in total. The minimum atomic E-state index is -5.15. The molecular weight excluding hydrogens is 429 g/mol. The van der Waals surface area contributed by atoms with Crippen LogP contribution < -0.4 is 40.6 Å². The van der Waals surface area contributed by atoms with Gasteiger partial charge in [0.25, 0.3) is 11.8 Å². The van der Waals surface area contributed by atoms with Crippen LogP contribution in [0.4, 0.5) is 5.13 Å². The first-order chi connectivity index (χ1) is 12.6. The predicted octanol–water partition coefficient (Wildman–Crippen LogP) is -5.20. The van der Waals surface area contributed by atoms with Crippen LogP contribution in [-0.2, 0) is 34.3 Å². The number of nitrogens with two attached hydrogens (primary N) is 1. The number of ether oxygens (including phenoxy) is 1. The molecule has 16 heteroatoms. The Morgan fingerprint density at radius 2 is 2.14 bits per heavy atom. The molecule has 0 saturated carbocycles. The predicted molar refractivity (Wildman–Crippen MR) is 89.0 cm³/mol. The molecule has 2 rings (SSSR count). The molecular formula is C12H14N5NaO8S2. The van der Waals surface area contributed by atoms with Gasteiger partial charge in [-0.15, -0.1) is 11.3 Å². The Morgan fingerprint density at radius 3 is 2.61 bits per heavy atom. The van der Waals surface area contributed by atoms with E-state index in [1.54, 1.807) is 0 Å². The summed E-state index contributed by atoms with van der Waals surface area (Å²) in [6.45, 7) is 0.452. The van der Waals surface area contributed by atoms with E-state index in [-0.39, 0.29) is 50.4 Å². The molecule has 0 aromatic carbocycles. The Bertz CT molecular complexity index is 902. The number of hydrogen-bond donors (Lipinski definition) is 2. The summed E-state index contributed by atoms with van der Waals surface area (Å²) < 4.78 is 38.3. The van der Waals surface area contributed by atoms with E-state index in [1.165, 1.54) is 12.5 Å². The second kappa shape index (κ2) is 9.62. The van der Waals surface area contributed by atoms with E-state index in [1.807, 2.05) is 0 Å². The minimum Gasteiger partial charge on any atom is -0.731 e. The molecule has 1 saturated heterocycles. The first kappa shape index (κ1) is 24.3. The second-order valence-electron chi connectivity index (χ2n) is 5.11. The summed E-state index contributed by atoms with van der Waals surface area (Å²) in [5.74, 6) is -2.87. The Morgan fingerprint density at radius 1 is 1.50 bits per heavy atom. The molecule has 0 spiro atoms. The quantitative estimate of drug-likeness (QED) is 0.103. The van der Waals surface area contributed by atoms with Gasteiger partial charge in [0.15, 0.2) is 21.1 Å². The fraction of sp³-hybridized carbons (Fsp3) is 0.417. The summed E-state index contributed by atoms with van der Waals surface area (Å²) in [6.07, 6.45) is 0. The topological polar surface area (TPSA) is 193 Å². The summed E-state index contributed by atoms with van der Waals surface area (Å²) in [7, 11) is -3.98. The summed E-state index contributed by atoms with van der Waals surface area (Å²) in [4.78, 5) is 43.8. The van der Waals surface area contributed by atoms with E-state index in [9.17, 15) is 27.4 Å². The van der Waals surface area contributed by atoms with Gasteiger partial charge in [0.1, 0.15) is 31.5 Å². The van der Waals surface area contributed by atoms with Crippen LogP contribution in [0.2, 0.25) is 0 Å². The Balaban J connectivity index is 0.00000392. The van der Waals surface area contributed by atoms with Crippen molar-refractivity contribution in [2.24, 2.45) is 5.16 Å². The molecule has 2 atom stereocenters. The zero-order chi connectivity index (χ0) is 20.4. The number of hydrogen-bond acceptors (Lipinski definition) is 12. The number of aromatic nitrogens is 1. The van der Waals surface area contributed by atoms with Gasteiger partial charge >= 0.3 is 35.5 Å². The van der Waals surface area contributed by atoms with E-state index in [4.69, 9.17) is 5.73 Å². The molecule has 2 heterocycles. The zero-order valence-electron chi connectivity index (χ0n) is 14.9. The van der Waals surface area contributed by atoms with Gasteiger partial charge in [0.05, 0.1) is 0 Å². The Kier molecular flexibility index (Phi) is 8.33. The van der Waals surface area contributed by atoms with Gasteiger partial charge in [-0.25, -0.2) is 17.7 Å². The van der Waals surface area contributed by atoms with Crippen LogP contribution in [-0.4, -0.2) is 71.6 Å². The number of oxime groups is 1. The standard InChI is InChI=1S/C12H15N5O8S2.Na/c1-5(18)25-3-7-9(11(20)17(7)27(21,22)23)15-10(19)8(16-24-2)6-4-26-12(13)14-6;/h4,7,9H,3H2,1-2H3,(H2,13,14)(H,15,19)(H,21,22,23);/q;+1/p-1/t7-,9-;/m1./s1. The minimum absolute atomic E-state index is 0. The van der Waals surface area contributed by atoms with Crippen LogP contribution in [0.25, 0.3) is 0 Å². The molecule has 1 fully saturated rings. The maximum Gasteiger partial charge on any atom is 1.00 e. The zero-order valence-corrected chi connectivity index (χ0v) is 18.6. The van der Waals surface area contributed by atoms with Gasteiger partial charge in [-0.1, -0.05) is 5.16 Å². The van der Waals surface area contributed by atoms with Gasteiger partial charge in [0, 0.05) is 12.3 Å². The molecule has 1 aromatic heterocycles. The van der Waals surface area contributed by atoms with Crippen molar-refractivity contribution in [1.29, 1.82) is 0 Å². The number of β-lactam (4-membered cyclic amide) rings is 1. The molecule has 1 aromatic rings. The number of amides is 2. The molecule has 2 amide bonds. The number of carbonyl (C=O) groups excluding carboxylic acids is 3. The van der Waals surface area contributed by atoms with Crippen molar-refractivity contribution < 1.29 is 66.5 Å². The number of esters is 1. The number of rotatable bonds is 7. The van der Waals surface area contributed by atoms with Crippen molar-refractivity contribution in [1.82, 2.24) is 14.6 Å². The van der Waals surface area contributed by atoms with Crippen LogP contribution in [0.5, 0.6) is 0 Å². The molecule has 0 radical (unpaired) electrons. The maximum absolute atomic E-state index is 12.4. The number of nitrogens with one attached hydrogen (secondary N) is 1. The molecule has 148 valence electrons. The Labute approximate surface area is 185 Å². The summed E-state index contributed by atoms with van der Waals surface area (Å²) in [5, 5.41) is 7.30. The average molecular weight is 443 g/mol. The number of nitrogens with zero attached hydrogens (tertiary/aromatic N) is 3. The van der Waals surface area contributed by atoms with Crippen molar-refractivity contribution in [2.45, 2.75) is 19.0 Å². The maximum atomic E-state index is 12.4. The van der Waals surface area contributed by atoms with Crippen molar-refractivity contribution in [3.8, 4) is 0 Å². The molecule has 0 aliphatic carbocycles. The first-order valence-corrected chi connectivity index (χ1v) is 9.36.